The van der Waals surface area contributed by atoms with Crippen LogP contribution in [-0.2, 0) is 4.79 Å². The molecule has 2 rings (SSSR count). The SMILES string of the molecule is CC1=NNC(=O)CC1c1cccc([N+](=O)[O-])c1. The monoisotopic (exact) mass is 233 g/mol. The van der Waals surface area contributed by atoms with E-state index in [0.717, 1.165) is 11.3 Å². The van der Waals surface area contributed by atoms with Crippen molar-refractivity contribution in [2.24, 2.45) is 5.10 Å². The molecule has 1 unspecified atom stereocenters. The predicted octanol–water partition coefficient (Wildman–Crippen LogP) is 1.57. The van der Waals surface area contributed by atoms with Crippen molar-refractivity contribution >= 4 is 17.3 Å². The smallest absolute Gasteiger partial charge is 0.269 e. The van der Waals surface area contributed by atoms with Gasteiger partial charge in [-0.3, -0.25) is 14.9 Å². The highest BCUT2D eigenvalue weighted by molar-refractivity contribution is 5.96. The highest BCUT2D eigenvalue weighted by Crippen LogP contribution is 2.26. The fraction of sp³-hybridized carbons (Fsp3) is 0.273. The fourth-order valence-corrected chi connectivity index (χ4v) is 1.82. The summed E-state index contributed by atoms with van der Waals surface area (Å²) in [4.78, 5) is 21.5. The van der Waals surface area contributed by atoms with Gasteiger partial charge in [0.1, 0.15) is 0 Å². The number of carbonyl (C=O) groups is 1. The Balaban J connectivity index is 2.36. The Morgan fingerprint density at radius 1 is 1.53 bits per heavy atom. The van der Waals surface area contributed by atoms with Crippen molar-refractivity contribution in [1.29, 1.82) is 0 Å². The zero-order valence-corrected chi connectivity index (χ0v) is 9.21. The third-order valence-corrected chi connectivity index (χ3v) is 2.73. The first-order valence-corrected chi connectivity index (χ1v) is 5.15. The van der Waals surface area contributed by atoms with E-state index >= 15 is 0 Å². The zero-order valence-electron chi connectivity index (χ0n) is 9.21. The second-order valence-electron chi connectivity index (χ2n) is 3.90. The number of nitro benzene ring substituents is 1. The van der Waals surface area contributed by atoms with Crippen LogP contribution in [0.25, 0.3) is 0 Å². The molecule has 1 aromatic carbocycles. The van der Waals surface area contributed by atoms with Crippen LogP contribution < -0.4 is 5.43 Å². The third-order valence-electron chi connectivity index (χ3n) is 2.73. The highest BCUT2D eigenvalue weighted by Gasteiger charge is 2.24. The second kappa shape index (κ2) is 4.32. The number of nitrogens with zero attached hydrogens (tertiary/aromatic N) is 2. The minimum Gasteiger partial charge on any atom is -0.273 e. The summed E-state index contributed by atoms with van der Waals surface area (Å²) in [5, 5.41) is 14.6. The number of non-ortho nitro benzene ring substituents is 1. The summed E-state index contributed by atoms with van der Waals surface area (Å²) in [7, 11) is 0. The number of hydrogen-bond acceptors (Lipinski definition) is 4. The maximum Gasteiger partial charge on any atom is 0.269 e. The molecule has 0 fully saturated rings. The van der Waals surface area contributed by atoms with Gasteiger partial charge < -0.3 is 0 Å². The van der Waals surface area contributed by atoms with Crippen molar-refractivity contribution in [2.45, 2.75) is 19.3 Å². The fourth-order valence-electron chi connectivity index (χ4n) is 1.82. The van der Waals surface area contributed by atoms with Crippen LogP contribution in [0.4, 0.5) is 5.69 Å². The van der Waals surface area contributed by atoms with Crippen LogP contribution in [0.15, 0.2) is 29.4 Å². The van der Waals surface area contributed by atoms with Gasteiger partial charge in [0.05, 0.1) is 4.92 Å². The number of hydrazone groups is 1. The van der Waals surface area contributed by atoms with E-state index in [0.29, 0.717) is 0 Å². The van der Waals surface area contributed by atoms with Crippen LogP contribution in [0.2, 0.25) is 0 Å². The van der Waals surface area contributed by atoms with Crippen LogP contribution in [0, 0.1) is 10.1 Å². The second-order valence-corrected chi connectivity index (χ2v) is 3.90. The normalized spacial score (nSPS) is 19.5. The molecule has 88 valence electrons. The Morgan fingerprint density at radius 2 is 2.29 bits per heavy atom. The first-order valence-electron chi connectivity index (χ1n) is 5.15. The average molecular weight is 233 g/mol. The minimum atomic E-state index is -0.446. The van der Waals surface area contributed by atoms with Gasteiger partial charge in [0.2, 0.25) is 5.91 Å². The standard InChI is InChI=1S/C11H11N3O3/c1-7-10(6-11(15)13-12-7)8-3-2-4-9(5-8)14(16)17/h2-5,10H,6H2,1H3,(H,13,15). The maximum absolute atomic E-state index is 11.3. The lowest BCUT2D eigenvalue weighted by molar-refractivity contribution is -0.384. The molecule has 1 heterocycles. The van der Waals surface area contributed by atoms with Gasteiger partial charge in [0.15, 0.2) is 0 Å². The van der Waals surface area contributed by atoms with E-state index in [2.05, 4.69) is 10.5 Å². The molecule has 0 aromatic heterocycles. The van der Waals surface area contributed by atoms with E-state index in [-0.39, 0.29) is 23.9 Å². The summed E-state index contributed by atoms with van der Waals surface area (Å²) in [5.41, 5.74) is 3.91. The van der Waals surface area contributed by atoms with Crippen molar-refractivity contribution < 1.29 is 9.72 Å². The van der Waals surface area contributed by atoms with Gasteiger partial charge in [-0.2, -0.15) is 5.10 Å². The molecule has 1 N–H and O–H groups in total. The predicted molar refractivity (Wildman–Crippen MR) is 61.7 cm³/mol. The molecule has 17 heavy (non-hydrogen) atoms. The quantitative estimate of drug-likeness (QED) is 0.621. The van der Waals surface area contributed by atoms with Gasteiger partial charge >= 0.3 is 0 Å². The summed E-state index contributed by atoms with van der Waals surface area (Å²) in [5.74, 6) is -0.351. The zero-order chi connectivity index (χ0) is 12.4. The number of amides is 1. The van der Waals surface area contributed by atoms with Gasteiger partial charge in [-0.05, 0) is 12.5 Å². The highest BCUT2D eigenvalue weighted by atomic mass is 16.6. The Hall–Kier alpha value is -2.24. The number of nitro groups is 1. The van der Waals surface area contributed by atoms with Gasteiger partial charge in [0, 0.05) is 30.2 Å². The maximum atomic E-state index is 11.3. The van der Waals surface area contributed by atoms with Crippen LogP contribution >= 0.6 is 0 Å². The molecule has 1 aliphatic heterocycles. The molecule has 1 aliphatic rings. The Bertz CT molecular complexity index is 510. The molecule has 0 saturated carbocycles. The van der Waals surface area contributed by atoms with Crippen molar-refractivity contribution in [3.63, 3.8) is 0 Å². The molecule has 6 nitrogen and oxygen atoms in total. The lowest BCUT2D eigenvalue weighted by Gasteiger charge is -2.20. The minimum absolute atomic E-state index is 0.0290. The molecular formula is C11H11N3O3. The number of hydrogen-bond donors (Lipinski definition) is 1. The van der Waals surface area contributed by atoms with Crippen molar-refractivity contribution in [3.8, 4) is 0 Å². The molecule has 1 atom stereocenters. The molecule has 6 heteroatoms. The van der Waals surface area contributed by atoms with Gasteiger partial charge in [-0.1, -0.05) is 12.1 Å². The first kappa shape index (κ1) is 11.3. The average Bonchev–Trinajstić information content (AvgIpc) is 2.32. The van der Waals surface area contributed by atoms with Gasteiger partial charge in [-0.25, -0.2) is 5.43 Å². The van der Waals surface area contributed by atoms with E-state index in [1.807, 2.05) is 0 Å². The van der Waals surface area contributed by atoms with Gasteiger partial charge in [0.25, 0.3) is 5.69 Å². The number of carbonyl (C=O) groups excluding carboxylic acids is 1. The van der Waals surface area contributed by atoms with E-state index < -0.39 is 4.92 Å². The van der Waals surface area contributed by atoms with E-state index in [1.165, 1.54) is 12.1 Å². The van der Waals surface area contributed by atoms with Crippen LogP contribution in [0.1, 0.15) is 24.8 Å². The van der Waals surface area contributed by atoms with Crippen LogP contribution in [0.5, 0.6) is 0 Å². The van der Waals surface area contributed by atoms with E-state index in [1.54, 1.807) is 19.1 Å². The summed E-state index contributed by atoms with van der Waals surface area (Å²) < 4.78 is 0. The Kier molecular flexibility index (Phi) is 2.86. The molecule has 0 bridgehead atoms. The molecule has 0 spiro atoms. The summed E-state index contributed by atoms with van der Waals surface area (Å²) in [6.45, 7) is 1.79. The van der Waals surface area contributed by atoms with Crippen molar-refractivity contribution in [1.82, 2.24) is 5.43 Å². The van der Waals surface area contributed by atoms with E-state index in [9.17, 15) is 14.9 Å². The Morgan fingerprint density at radius 3 is 3.00 bits per heavy atom. The van der Waals surface area contributed by atoms with E-state index in [4.69, 9.17) is 0 Å². The topological polar surface area (TPSA) is 84.6 Å². The number of benzene rings is 1. The lowest BCUT2D eigenvalue weighted by Crippen LogP contribution is -2.30. The Labute approximate surface area is 97.5 Å². The molecule has 0 saturated heterocycles. The lowest BCUT2D eigenvalue weighted by atomic mass is 9.90. The largest absolute Gasteiger partial charge is 0.273 e. The van der Waals surface area contributed by atoms with Crippen LogP contribution in [-0.4, -0.2) is 16.5 Å². The third kappa shape index (κ3) is 2.30. The van der Waals surface area contributed by atoms with Crippen molar-refractivity contribution in [3.05, 3.63) is 39.9 Å². The summed E-state index contributed by atoms with van der Waals surface area (Å²) >= 11 is 0. The summed E-state index contributed by atoms with van der Waals surface area (Å²) in [6.07, 6.45) is 0.274. The number of rotatable bonds is 2. The van der Waals surface area contributed by atoms with Gasteiger partial charge in [-0.15, -0.1) is 0 Å². The molecule has 0 aliphatic carbocycles. The molecule has 1 aromatic rings. The first-order chi connectivity index (χ1) is 8.08. The summed E-state index contributed by atoms with van der Waals surface area (Å²) in [6, 6.07) is 6.31. The van der Waals surface area contributed by atoms with Crippen molar-refractivity contribution in [2.75, 3.05) is 0 Å². The van der Waals surface area contributed by atoms with Crippen LogP contribution in [0.3, 0.4) is 0 Å². The number of nitrogens with one attached hydrogen (secondary N) is 1. The molecular weight excluding hydrogens is 222 g/mol. The molecule has 1 amide bonds. The molecule has 0 radical (unpaired) electrons.